The number of aromatic nitrogens is 2. The molecule has 1 fully saturated rings. The van der Waals surface area contributed by atoms with E-state index in [-0.39, 0.29) is 5.91 Å². The van der Waals surface area contributed by atoms with E-state index in [9.17, 15) is 4.79 Å². The maximum absolute atomic E-state index is 12.0. The zero-order chi connectivity index (χ0) is 16.2. The molecule has 0 spiro atoms. The van der Waals surface area contributed by atoms with Crippen molar-refractivity contribution >= 4 is 22.4 Å². The lowest BCUT2D eigenvalue weighted by molar-refractivity contribution is -0.116. The Morgan fingerprint density at radius 3 is 2.74 bits per heavy atom. The summed E-state index contributed by atoms with van der Waals surface area (Å²) in [6.07, 6.45) is 3.37. The Hall–Kier alpha value is -2.15. The quantitative estimate of drug-likeness (QED) is 0.843. The van der Waals surface area contributed by atoms with Gasteiger partial charge in [0.1, 0.15) is 5.01 Å². The zero-order valence-electron chi connectivity index (χ0n) is 13.2. The summed E-state index contributed by atoms with van der Waals surface area (Å²) in [5.74, 6) is 1.86. The summed E-state index contributed by atoms with van der Waals surface area (Å²) in [4.78, 5) is 12.0. The second-order valence-electron chi connectivity index (χ2n) is 5.46. The van der Waals surface area contributed by atoms with Crippen LogP contribution in [0.25, 0.3) is 0 Å². The smallest absolute Gasteiger partial charge is 0.226 e. The Morgan fingerprint density at radius 1 is 1.26 bits per heavy atom. The number of carbonyl (C=O) groups is 1. The number of ether oxygens (including phenoxy) is 2. The molecule has 0 aliphatic heterocycles. The van der Waals surface area contributed by atoms with Gasteiger partial charge in [-0.1, -0.05) is 17.4 Å². The van der Waals surface area contributed by atoms with Crippen LogP contribution in [0.15, 0.2) is 18.2 Å². The average molecular weight is 333 g/mol. The molecule has 0 unspecified atom stereocenters. The van der Waals surface area contributed by atoms with Gasteiger partial charge in [0.2, 0.25) is 11.0 Å². The standard InChI is InChI=1S/C16H19N3O3S/c1-21-12-7-3-10(9-13(12)22-2)4-8-14(20)17-16-19-18-15(23-16)11-5-6-11/h3,7,9,11H,4-6,8H2,1-2H3,(H,17,19,20). The molecule has 0 radical (unpaired) electrons. The van der Waals surface area contributed by atoms with Gasteiger partial charge in [-0.05, 0) is 37.0 Å². The number of benzene rings is 1. The third kappa shape index (κ3) is 3.98. The molecule has 7 heteroatoms. The number of aryl methyl sites for hydroxylation is 1. The number of amides is 1. The van der Waals surface area contributed by atoms with Gasteiger partial charge in [-0.25, -0.2) is 0 Å². The van der Waals surface area contributed by atoms with Crippen LogP contribution in [0.3, 0.4) is 0 Å². The second-order valence-corrected chi connectivity index (χ2v) is 6.47. The van der Waals surface area contributed by atoms with E-state index in [0.717, 1.165) is 10.6 Å². The van der Waals surface area contributed by atoms with Crippen molar-refractivity contribution in [2.45, 2.75) is 31.6 Å². The topological polar surface area (TPSA) is 73.3 Å². The minimum Gasteiger partial charge on any atom is -0.493 e. The fourth-order valence-corrected chi connectivity index (χ4v) is 3.18. The predicted octanol–water partition coefficient (Wildman–Crippen LogP) is 3.00. The Bertz CT molecular complexity index is 698. The lowest BCUT2D eigenvalue weighted by atomic mass is 10.1. The van der Waals surface area contributed by atoms with Crippen molar-refractivity contribution < 1.29 is 14.3 Å². The first-order valence-electron chi connectivity index (χ1n) is 7.53. The van der Waals surface area contributed by atoms with Gasteiger partial charge in [0.15, 0.2) is 11.5 Å². The molecule has 0 bridgehead atoms. The van der Waals surface area contributed by atoms with Crippen LogP contribution in [0.2, 0.25) is 0 Å². The fourth-order valence-electron chi connectivity index (χ4n) is 2.26. The summed E-state index contributed by atoms with van der Waals surface area (Å²) in [6, 6.07) is 5.67. The van der Waals surface area contributed by atoms with Gasteiger partial charge in [-0.2, -0.15) is 0 Å². The Labute approximate surface area is 138 Å². The van der Waals surface area contributed by atoms with Crippen molar-refractivity contribution in [1.29, 1.82) is 0 Å². The van der Waals surface area contributed by atoms with Gasteiger partial charge < -0.3 is 14.8 Å². The molecule has 0 atom stereocenters. The molecular weight excluding hydrogens is 314 g/mol. The van der Waals surface area contributed by atoms with E-state index in [0.29, 0.717) is 35.4 Å². The lowest BCUT2D eigenvalue weighted by Gasteiger charge is -2.09. The molecule has 1 saturated carbocycles. The van der Waals surface area contributed by atoms with E-state index in [1.807, 2.05) is 18.2 Å². The highest BCUT2D eigenvalue weighted by atomic mass is 32.1. The van der Waals surface area contributed by atoms with Crippen LogP contribution in [0.4, 0.5) is 5.13 Å². The maximum Gasteiger partial charge on any atom is 0.226 e. The van der Waals surface area contributed by atoms with E-state index in [1.165, 1.54) is 24.2 Å². The predicted molar refractivity (Wildman–Crippen MR) is 88.4 cm³/mol. The lowest BCUT2D eigenvalue weighted by Crippen LogP contribution is -2.12. The number of methoxy groups -OCH3 is 2. The summed E-state index contributed by atoms with van der Waals surface area (Å²) in [6.45, 7) is 0. The summed E-state index contributed by atoms with van der Waals surface area (Å²) in [5, 5.41) is 12.6. The van der Waals surface area contributed by atoms with Gasteiger partial charge in [0.05, 0.1) is 14.2 Å². The third-order valence-corrected chi connectivity index (χ3v) is 4.70. The summed E-state index contributed by atoms with van der Waals surface area (Å²) >= 11 is 1.47. The largest absolute Gasteiger partial charge is 0.493 e. The number of hydrogen-bond donors (Lipinski definition) is 1. The monoisotopic (exact) mass is 333 g/mol. The summed E-state index contributed by atoms with van der Waals surface area (Å²) in [5.41, 5.74) is 1.02. The van der Waals surface area contributed by atoms with Gasteiger partial charge in [0, 0.05) is 12.3 Å². The van der Waals surface area contributed by atoms with Gasteiger partial charge >= 0.3 is 0 Å². The number of nitrogens with zero attached hydrogens (tertiary/aromatic N) is 2. The Balaban J connectivity index is 1.53. The highest BCUT2D eigenvalue weighted by molar-refractivity contribution is 7.15. The SMILES string of the molecule is COc1ccc(CCC(=O)Nc2nnc(C3CC3)s2)cc1OC. The van der Waals surface area contributed by atoms with Crippen LogP contribution in [0, 0.1) is 0 Å². The average Bonchev–Trinajstić information content (AvgIpc) is 3.32. The van der Waals surface area contributed by atoms with E-state index in [4.69, 9.17) is 9.47 Å². The third-order valence-electron chi connectivity index (χ3n) is 3.70. The van der Waals surface area contributed by atoms with Crippen LogP contribution in [-0.2, 0) is 11.2 Å². The van der Waals surface area contributed by atoms with Gasteiger partial charge in [0.25, 0.3) is 0 Å². The highest BCUT2D eigenvalue weighted by Crippen LogP contribution is 2.42. The summed E-state index contributed by atoms with van der Waals surface area (Å²) in [7, 11) is 3.20. The zero-order valence-corrected chi connectivity index (χ0v) is 14.0. The molecular formula is C16H19N3O3S. The minimum absolute atomic E-state index is 0.0571. The van der Waals surface area contributed by atoms with Crippen molar-refractivity contribution in [3.8, 4) is 11.5 Å². The van der Waals surface area contributed by atoms with E-state index in [1.54, 1.807) is 14.2 Å². The Kier molecular flexibility index (Phi) is 4.76. The number of hydrogen-bond acceptors (Lipinski definition) is 6. The number of anilines is 1. The minimum atomic E-state index is -0.0571. The van der Waals surface area contributed by atoms with Crippen molar-refractivity contribution in [2.24, 2.45) is 0 Å². The van der Waals surface area contributed by atoms with Gasteiger partial charge in [-0.15, -0.1) is 10.2 Å². The fraction of sp³-hybridized carbons (Fsp3) is 0.438. The van der Waals surface area contributed by atoms with E-state index in [2.05, 4.69) is 15.5 Å². The molecule has 1 aliphatic rings. The molecule has 1 aromatic heterocycles. The molecule has 1 aliphatic carbocycles. The first-order chi connectivity index (χ1) is 11.2. The van der Waals surface area contributed by atoms with Crippen molar-refractivity contribution in [3.63, 3.8) is 0 Å². The molecule has 1 amide bonds. The van der Waals surface area contributed by atoms with Crippen LogP contribution in [0.5, 0.6) is 11.5 Å². The molecule has 6 nitrogen and oxygen atoms in total. The van der Waals surface area contributed by atoms with Crippen molar-refractivity contribution in [2.75, 3.05) is 19.5 Å². The number of carbonyl (C=O) groups excluding carboxylic acids is 1. The molecule has 122 valence electrons. The molecule has 0 saturated heterocycles. The first kappa shape index (κ1) is 15.7. The van der Waals surface area contributed by atoms with Crippen LogP contribution >= 0.6 is 11.3 Å². The van der Waals surface area contributed by atoms with Gasteiger partial charge in [-0.3, -0.25) is 4.79 Å². The Morgan fingerprint density at radius 2 is 2.04 bits per heavy atom. The maximum atomic E-state index is 12.0. The first-order valence-corrected chi connectivity index (χ1v) is 8.35. The van der Waals surface area contributed by atoms with Crippen molar-refractivity contribution in [3.05, 3.63) is 28.8 Å². The molecule has 1 heterocycles. The van der Waals surface area contributed by atoms with Crippen LogP contribution < -0.4 is 14.8 Å². The highest BCUT2D eigenvalue weighted by Gasteiger charge is 2.27. The molecule has 1 aromatic carbocycles. The second kappa shape index (κ2) is 6.95. The molecule has 3 rings (SSSR count). The normalized spacial score (nSPS) is 13.7. The molecule has 1 N–H and O–H groups in total. The van der Waals surface area contributed by atoms with Crippen molar-refractivity contribution in [1.82, 2.24) is 10.2 Å². The molecule has 2 aromatic rings. The molecule has 23 heavy (non-hydrogen) atoms. The van der Waals surface area contributed by atoms with E-state index >= 15 is 0 Å². The van der Waals surface area contributed by atoms with E-state index < -0.39 is 0 Å². The number of rotatable bonds is 7. The number of nitrogens with one attached hydrogen (secondary N) is 1. The summed E-state index contributed by atoms with van der Waals surface area (Å²) < 4.78 is 10.5. The van der Waals surface area contributed by atoms with Crippen LogP contribution in [-0.4, -0.2) is 30.3 Å². The van der Waals surface area contributed by atoms with Crippen LogP contribution in [0.1, 0.15) is 35.8 Å².